The van der Waals surface area contributed by atoms with E-state index in [-0.39, 0.29) is 37.6 Å². The van der Waals surface area contributed by atoms with Gasteiger partial charge in [0.1, 0.15) is 17.3 Å². The van der Waals surface area contributed by atoms with Gasteiger partial charge in [0.2, 0.25) is 0 Å². The summed E-state index contributed by atoms with van der Waals surface area (Å²) in [7, 11) is 0. The molecule has 3 heterocycles. The molecule has 0 aliphatic heterocycles. The smallest absolute Gasteiger partial charge is 0.151 e. The van der Waals surface area contributed by atoms with Gasteiger partial charge in [-0.1, -0.05) is 171 Å². The second-order valence-corrected chi connectivity index (χ2v) is 19.6. The zero-order valence-corrected chi connectivity index (χ0v) is 40.7. The number of hydrogen-bond acceptors (Lipinski definition) is 4. The third-order valence-corrected chi connectivity index (χ3v) is 12.3. The van der Waals surface area contributed by atoms with Gasteiger partial charge < -0.3 is 9.52 Å². The summed E-state index contributed by atoms with van der Waals surface area (Å²) < 4.78 is 8.78. The summed E-state index contributed by atoms with van der Waals surface area (Å²) in [5.41, 5.74) is 15.1. The molecule has 9 rings (SSSR count). The third-order valence-electron chi connectivity index (χ3n) is 12.3. The minimum absolute atomic E-state index is 0. The number of imidazole rings is 1. The Balaban J connectivity index is 0.00000560. The number of aromatic hydroxyl groups is 1. The van der Waals surface area contributed by atoms with Crippen LogP contribution in [0.1, 0.15) is 103 Å². The van der Waals surface area contributed by atoms with Crippen molar-refractivity contribution in [3.05, 3.63) is 168 Å². The van der Waals surface area contributed by atoms with Gasteiger partial charge >= 0.3 is 0 Å². The van der Waals surface area contributed by atoms with E-state index in [0.29, 0.717) is 23.2 Å². The molecule has 64 heavy (non-hydrogen) atoms. The van der Waals surface area contributed by atoms with Gasteiger partial charge in [-0.2, -0.15) is 0 Å². The van der Waals surface area contributed by atoms with Crippen molar-refractivity contribution in [2.75, 3.05) is 0 Å². The zero-order valence-electron chi connectivity index (χ0n) is 38.4. The van der Waals surface area contributed by atoms with Gasteiger partial charge in [0, 0.05) is 48.8 Å². The summed E-state index contributed by atoms with van der Waals surface area (Å²) in [6.07, 6.45) is 1.84. The van der Waals surface area contributed by atoms with Crippen molar-refractivity contribution < 1.29 is 30.6 Å². The van der Waals surface area contributed by atoms with E-state index in [0.717, 1.165) is 78.1 Å². The molecule has 0 saturated heterocycles. The van der Waals surface area contributed by atoms with Crippen LogP contribution in [-0.2, 0) is 31.9 Å². The van der Waals surface area contributed by atoms with E-state index in [9.17, 15) is 5.11 Å². The molecule has 0 bridgehead atoms. The van der Waals surface area contributed by atoms with Crippen molar-refractivity contribution >= 4 is 22.0 Å². The molecule has 326 valence electrons. The summed E-state index contributed by atoms with van der Waals surface area (Å²) in [5.74, 6) is 2.49. The van der Waals surface area contributed by atoms with Crippen LogP contribution in [0.15, 0.2) is 144 Å². The summed E-state index contributed by atoms with van der Waals surface area (Å²) in [6.45, 7) is 22.1. The number of aromatic nitrogens is 3. The van der Waals surface area contributed by atoms with Gasteiger partial charge in [-0.25, -0.2) is 4.98 Å². The Morgan fingerprint density at radius 1 is 0.641 bits per heavy atom. The van der Waals surface area contributed by atoms with Crippen LogP contribution in [0.3, 0.4) is 0 Å². The molecular weight excluding hydrogens is 966 g/mol. The van der Waals surface area contributed by atoms with Gasteiger partial charge in [0.25, 0.3) is 0 Å². The van der Waals surface area contributed by atoms with Gasteiger partial charge in [0.05, 0.1) is 28.5 Å². The summed E-state index contributed by atoms with van der Waals surface area (Å²) in [5, 5.41) is 13.3. The first-order chi connectivity index (χ1) is 30.1. The normalized spacial score (nSPS) is 12.1. The molecule has 9 aromatic rings. The molecule has 1 N–H and O–H groups in total. The fraction of sp³-hybridized carbons (Fsp3) is 0.241. The van der Waals surface area contributed by atoms with Crippen molar-refractivity contribution in [2.24, 2.45) is 0 Å². The number of benzene rings is 6. The van der Waals surface area contributed by atoms with Gasteiger partial charge in [-0.05, 0) is 69.2 Å². The summed E-state index contributed by atoms with van der Waals surface area (Å²) >= 11 is 0. The van der Waals surface area contributed by atoms with Crippen LogP contribution in [0.5, 0.6) is 5.75 Å². The molecule has 0 spiro atoms. The van der Waals surface area contributed by atoms with E-state index in [1.807, 2.05) is 12.3 Å². The third kappa shape index (κ3) is 8.16. The summed E-state index contributed by atoms with van der Waals surface area (Å²) in [4.78, 5) is 10.5. The van der Waals surface area contributed by atoms with E-state index >= 15 is 0 Å². The van der Waals surface area contributed by atoms with E-state index < -0.39 is 0 Å². The molecule has 0 saturated carbocycles. The quantitative estimate of drug-likeness (QED) is 0.154. The maximum Gasteiger partial charge on any atom is 0.151 e. The molecule has 0 atom stereocenters. The van der Waals surface area contributed by atoms with Gasteiger partial charge in [-0.15, -0.1) is 29.8 Å². The predicted octanol–water partition coefficient (Wildman–Crippen LogP) is 15.8. The number of hydrogen-bond donors (Lipinski definition) is 1. The Bertz CT molecular complexity index is 3130. The van der Waals surface area contributed by atoms with Crippen molar-refractivity contribution in [1.82, 2.24) is 14.5 Å². The number of pyridine rings is 1. The molecule has 0 aliphatic carbocycles. The van der Waals surface area contributed by atoms with Gasteiger partial charge in [-0.3, -0.25) is 9.55 Å². The number of phenols is 1. The summed E-state index contributed by atoms with van der Waals surface area (Å²) in [6, 6.07) is 50.4. The molecule has 5 nitrogen and oxygen atoms in total. The fourth-order valence-corrected chi connectivity index (χ4v) is 8.91. The maximum absolute atomic E-state index is 12.3. The van der Waals surface area contributed by atoms with E-state index in [4.69, 9.17) is 14.4 Å². The first kappa shape index (κ1) is 44.6. The van der Waals surface area contributed by atoms with Crippen molar-refractivity contribution in [3.8, 4) is 67.7 Å². The zero-order chi connectivity index (χ0) is 44.4. The number of nitrogens with zero attached hydrogens (tertiary/aromatic N) is 3. The largest absolute Gasteiger partial charge is 0.507 e. The Hall–Kier alpha value is -6.03. The molecule has 0 unspecified atom stereocenters. The number of fused-ring (bicyclic) bond motifs is 2. The van der Waals surface area contributed by atoms with E-state index in [1.54, 1.807) is 0 Å². The number of para-hydroxylation sites is 2. The number of phenolic OH excluding ortho intramolecular Hbond substituents is 1. The molecule has 0 radical (unpaired) electrons. The number of furan rings is 1. The second-order valence-electron chi connectivity index (χ2n) is 19.6. The number of rotatable bonds is 8. The first-order valence-electron chi connectivity index (χ1n) is 22.2. The van der Waals surface area contributed by atoms with E-state index in [1.165, 1.54) is 16.7 Å². The van der Waals surface area contributed by atoms with Crippen LogP contribution in [0.25, 0.3) is 83.9 Å². The van der Waals surface area contributed by atoms with Crippen LogP contribution in [0.4, 0.5) is 0 Å². The molecule has 0 amide bonds. The average Bonchev–Trinajstić information content (AvgIpc) is 3.87. The maximum atomic E-state index is 12.3. The topological polar surface area (TPSA) is 64.1 Å². The molecule has 0 aliphatic rings. The second kappa shape index (κ2) is 17.2. The molecule has 6 heteroatoms. The molecular formula is C58H56N3O2Pt-. The predicted molar refractivity (Wildman–Crippen MR) is 262 cm³/mol. The first-order valence-corrected chi connectivity index (χ1v) is 22.2. The minimum Gasteiger partial charge on any atom is -0.507 e. The van der Waals surface area contributed by atoms with Crippen LogP contribution in [0, 0.1) is 6.07 Å². The van der Waals surface area contributed by atoms with Crippen LogP contribution >= 0.6 is 0 Å². The van der Waals surface area contributed by atoms with Crippen molar-refractivity contribution in [1.29, 1.82) is 0 Å². The monoisotopic (exact) mass is 1020 g/mol. The minimum atomic E-state index is -0.315. The van der Waals surface area contributed by atoms with Gasteiger partial charge in [0.15, 0.2) is 5.58 Å². The molecule has 3 aromatic heterocycles. The van der Waals surface area contributed by atoms with Crippen LogP contribution < -0.4 is 0 Å². The standard InChI is InChI=1S/C58H56N3O2.Pt/c1-35(2)42-24-17-25-43(36(3)4)53(42)51-31-40-30-48(59-34-52(40)63-51)39-22-16-21-38(29-39)45-26-18-28-50-54(45)60-56(46-32-41(57(5,6)7)33-47(55(46)62)58(8,9)10)61(50)49-27-15-14-23-44(49)37-19-12-11-13-20-37;/h11-28,30-36,62H,1-10H3;/q-1;. The SMILES string of the molecule is CC(C)c1cccc(C(C)C)c1-c1cc2cc(-c3[c-]c(-c4cccc5c4nc(-c4cc(C(C)(C)C)cc(C(C)(C)C)c4O)n5-c4ccccc4-c4ccccc4)ccc3)ncc2o1.[Pt]. The Labute approximate surface area is 392 Å². The molecule has 6 aromatic carbocycles. The Morgan fingerprint density at radius 3 is 1.97 bits per heavy atom. The van der Waals surface area contributed by atoms with Crippen molar-refractivity contribution in [2.45, 2.75) is 91.9 Å². The average molecular weight is 1020 g/mol. The molecule has 0 fully saturated rings. The van der Waals surface area contributed by atoms with Crippen molar-refractivity contribution in [3.63, 3.8) is 0 Å². The Kier molecular flexibility index (Phi) is 12.0. The van der Waals surface area contributed by atoms with Crippen LogP contribution in [0.2, 0.25) is 0 Å². The van der Waals surface area contributed by atoms with E-state index in [2.05, 4.69) is 207 Å². The fourth-order valence-electron chi connectivity index (χ4n) is 8.91. The van der Waals surface area contributed by atoms with Crippen LogP contribution in [-0.4, -0.2) is 19.6 Å². The Morgan fingerprint density at radius 2 is 1.28 bits per heavy atom.